The average molecular weight is 475 g/mol. The lowest BCUT2D eigenvalue weighted by atomic mass is 9.75. The molecule has 11 heteroatoms. The monoisotopic (exact) mass is 475 g/mol. The lowest BCUT2D eigenvalue weighted by molar-refractivity contribution is -0.384. The Morgan fingerprint density at radius 2 is 1.91 bits per heavy atom. The van der Waals surface area contributed by atoms with Crippen LogP contribution in [0.4, 0.5) is 5.69 Å². The largest absolute Gasteiger partial charge is 0.468 e. The van der Waals surface area contributed by atoms with Crippen molar-refractivity contribution >= 4 is 29.2 Å². The fourth-order valence-electron chi connectivity index (χ4n) is 3.75. The van der Waals surface area contributed by atoms with Crippen LogP contribution in [0.25, 0.3) is 0 Å². The summed E-state index contributed by atoms with van der Waals surface area (Å²) >= 11 is 0. The molecule has 1 heterocycles. The number of methoxy groups -OCH3 is 1. The molecule has 11 nitrogen and oxygen atoms in total. The number of allylic oxidation sites excluding steroid dienone is 1. The summed E-state index contributed by atoms with van der Waals surface area (Å²) in [7, 11) is 1.19. The van der Waals surface area contributed by atoms with Crippen molar-refractivity contribution in [1.29, 1.82) is 0 Å². The molecule has 0 saturated heterocycles. The SMILES string of the molecule is COC(=O)C1C(C)=NC(C)=C(C(=O)NC(CO)C(=O)OC(C)(C)C)C1c1cccc([N+](=O)[O-])c1. The van der Waals surface area contributed by atoms with Crippen molar-refractivity contribution < 1.29 is 33.9 Å². The number of carbonyl (C=O) groups is 3. The Bertz CT molecular complexity index is 1050. The molecule has 1 aliphatic heterocycles. The number of ether oxygens (including phenoxy) is 2. The van der Waals surface area contributed by atoms with Crippen molar-refractivity contribution in [2.45, 2.75) is 52.2 Å². The van der Waals surface area contributed by atoms with Crippen LogP contribution in [0.5, 0.6) is 0 Å². The number of hydrogen-bond donors (Lipinski definition) is 2. The first-order chi connectivity index (χ1) is 15.8. The topological polar surface area (TPSA) is 157 Å². The summed E-state index contributed by atoms with van der Waals surface area (Å²) in [5.41, 5.74) is -0.112. The van der Waals surface area contributed by atoms with Crippen LogP contribution < -0.4 is 5.32 Å². The van der Waals surface area contributed by atoms with E-state index in [4.69, 9.17) is 9.47 Å². The molecule has 0 aliphatic carbocycles. The highest BCUT2D eigenvalue weighted by Gasteiger charge is 2.42. The standard InChI is InChI=1S/C23H29N3O8/c1-12-17(20(28)25-16(11-27)21(29)34-23(3,4)5)19(18(13(2)24-12)22(30)33-6)14-8-7-9-15(10-14)26(31)32/h7-10,16,18-19,27H,11H2,1-6H3,(H,25,28). The lowest BCUT2D eigenvalue weighted by Crippen LogP contribution is -2.48. The van der Waals surface area contributed by atoms with E-state index in [1.54, 1.807) is 40.7 Å². The second kappa shape index (κ2) is 10.6. The maximum absolute atomic E-state index is 13.4. The molecule has 1 amide bonds. The summed E-state index contributed by atoms with van der Waals surface area (Å²) in [6.45, 7) is 7.36. The van der Waals surface area contributed by atoms with Gasteiger partial charge in [-0.2, -0.15) is 0 Å². The van der Waals surface area contributed by atoms with Crippen molar-refractivity contribution in [1.82, 2.24) is 5.32 Å². The van der Waals surface area contributed by atoms with E-state index >= 15 is 0 Å². The first kappa shape index (κ1) is 26.7. The number of esters is 2. The third-order valence-electron chi connectivity index (χ3n) is 5.15. The first-order valence-corrected chi connectivity index (χ1v) is 10.5. The summed E-state index contributed by atoms with van der Waals surface area (Å²) in [6, 6.07) is 4.20. The van der Waals surface area contributed by atoms with Gasteiger partial charge in [0, 0.05) is 35.0 Å². The zero-order valence-electron chi connectivity index (χ0n) is 19.9. The third kappa shape index (κ3) is 6.04. The molecule has 0 aromatic heterocycles. The van der Waals surface area contributed by atoms with Crippen molar-refractivity contribution in [3.8, 4) is 0 Å². The Balaban J connectivity index is 2.57. The Morgan fingerprint density at radius 1 is 1.26 bits per heavy atom. The van der Waals surface area contributed by atoms with E-state index in [9.17, 15) is 29.6 Å². The van der Waals surface area contributed by atoms with E-state index in [1.165, 1.54) is 25.3 Å². The molecule has 1 aromatic carbocycles. The zero-order chi connectivity index (χ0) is 25.8. The predicted octanol–water partition coefficient (Wildman–Crippen LogP) is 2.03. The minimum Gasteiger partial charge on any atom is -0.468 e. The molecule has 3 atom stereocenters. The molecule has 184 valence electrons. The Kier molecular flexibility index (Phi) is 8.27. The summed E-state index contributed by atoms with van der Waals surface area (Å²) in [4.78, 5) is 53.6. The number of non-ortho nitro benzene ring substituents is 1. The molecule has 34 heavy (non-hydrogen) atoms. The number of amides is 1. The van der Waals surface area contributed by atoms with Crippen molar-refractivity contribution in [3.05, 3.63) is 51.2 Å². The molecule has 1 aliphatic rings. The maximum Gasteiger partial charge on any atom is 0.331 e. The lowest BCUT2D eigenvalue weighted by Gasteiger charge is -2.32. The minimum absolute atomic E-state index is 0.0171. The molecular weight excluding hydrogens is 446 g/mol. The second-order valence-corrected chi connectivity index (χ2v) is 8.82. The van der Waals surface area contributed by atoms with Crippen LogP contribution in [0.15, 0.2) is 40.5 Å². The number of aliphatic hydroxyl groups excluding tert-OH is 1. The highest BCUT2D eigenvalue weighted by molar-refractivity contribution is 6.08. The van der Waals surface area contributed by atoms with Crippen LogP contribution in [0, 0.1) is 16.0 Å². The molecule has 2 N–H and O–H groups in total. The van der Waals surface area contributed by atoms with Gasteiger partial charge in [0.15, 0.2) is 6.04 Å². The number of aliphatic imine (C=N–C) groups is 1. The van der Waals surface area contributed by atoms with E-state index in [2.05, 4.69) is 10.3 Å². The molecule has 2 rings (SSSR count). The van der Waals surface area contributed by atoms with Crippen molar-refractivity contribution in [2.75, 3.05) is 13.7 Å². The van der Waals surface area contributed by atoms with Gasteiger partial charge in [-0.05, 0) is 40.2 Å². The van der Waals surface area contributed by atoms with Gasteiger partial charge >= 0.3 is 11.9 Å². The van der Waals surface area contributed by atoms with E-state index in [-0.39, 0.29) is 17.0 Å². The van der Waals surface area contributed by atoms with Gasteiger partial charge in [-0.3, -0.25) is 24.7 Å². The van der Waals surface area contributed by atoms with Gasteiger partial charge < -0.3 is 19.9 Å². The first-order valence-electron chi connectivity index (χ1n) is 10.5. The number of rotatable bonds is 7. The predicted molar refractivity (Wildman–Crippen MR) is 122 cm³/mol. The number of hydrogen-bond acceptors (Lipinski definition) is 9. The van der Waals surface area contributed by atoms with Crippen LogP contribution in [0.1, 0.15) is 46.1 Å². The van der Waals surface area contributed by atoms with Gasteiger partial charge in [0.05, 0.1) is 18.6 Å². The Morgan fingerprint density at radius 3 is 2.44 bits per heavy atom. The van der Waals surface area contributed by atoms with Gasteiger partial charge in [0.1, 0.15) is 11.5 Å². The maximum atomic E-state index is 13.4. The quantitative estimate of drug-likeness (QED) is 0.344. The summed E-state index contributed by atoms with van der Waals surface area (Å²) in [5.74, 6) is -4.31. The van der Waals surface area contributed by atoms with Gasteiger partial charge in [-0.15, -0.1) is 0 Å². The van der Waals surface area contributed by atoms with Crippen LogP contribution in [0.3, 0.4) is 0 Å². The van der Waals surface area contributed by atoms with E-state index in [0.717, 1.165) is 0 Å². The highest BCUT2D eigenvalue weighted by Crippen LogP contribution is 2.40. The van der Waals surface area contributed by atoms with Crippen molar-refractivity contribution in [2.24, 2.45) is 10.9 Å². The molecule has 0 spiro atoms. The average Bonchev–Trinajstić information content (AvgIpc) is 2.75. The number of nitrogens with one attached hydrogen (secondary N) is 1. The Labute approximate surface area is 197 Å². The summed E-state index contributed by atoms with van der Waals surface area (Å²) in [5, 5.41) is 23.5. The number of nitrogens with zero attached hydrogens (tertiary/aromatic N) is 2. The van der Waals surface area contributed by atoms with E-state index in [0.29, 0.717) is 11.3 Å². The normalized spacial score (nSPS) is 19.1. The third-order valence-corrected chi connectivity index (χ3v) is 5.15. The molecule has 0 bridgehead atoms. The Hall–Kier alpha value is -3.60. The summed E-state index contributed by atoms with van der Waals surface area (Å²) in [6.07, 6.45) is 0. The minimum atomic E-state index is -1.37. The highest BCUT2D eigenvalue weighted by atomic mass is 16.6. The van der Waals surface area contributed by atoms with Gasteiger partial charge in [-0.1, -0.05) is 12.1 Å². The van der Waals surface area contributed by atoms with E-state index in [1.807, 2.05) is 0 Å². The van der Waals surface area contributed by atoms with Gasteiger partial charge in [0.2, 0.25) is 5.91 Å². The van der Waals surface area contributed by atoms with Crippen LogP contribution in [0.2, 0.25) is 0 Å². The van der Waals surface area contributed by atoms with E-state index < -0.39 is 52.9 Å². The molecule has 1 aromatic rings. The van der Waals surface area contributed by atoms with Gasteiger partial charge in [-0.25, -0.2) is 4.79 Å². The molecule has 0 saturated carbocycles. The number of carbonyl (C=O) groups excluding carboxylic acids is 3. The molecule has 3 unspecified atom stereocenters. The zero-order valence-corrected chi connectivity index (χ0v) is 19.9. The number of aliphatic hydroxyl groups is 1. The second-order valence-electron chi connectivity index (χ2n) is 8.82. The van der Waals surface area contributed by atoms with Crippen LogP contribution >= 0.6 is 0 Å². The van der Waals surface area contributed by atoms with Crippen LogP contribution in [-0.2, 0) is 23.9 Å². The number of nitro groups is 1. The van der Waals surface area contributed by atoms with Crippen LogP contribution in [-0.4, -0.2) is 58.9 Å². The van der Waals surface area contributed by atoms with Gasteiger partial charge in [0.25, 0.3) is 5.69 Å². The smallest absolute Gasteiger partial charge is 0.331 e. The number of nitro benzene ring substituents is 1. The molecular formula is C23H29N3O8. The fraction of sp³-hybridized carbons (Fsp3) is 0.478. The van der Waals surface area contributed by atoms with Crippen molar-refractivity contribution in [3.63, 3.8) is 0 Å². The summed E-state index contributed by atoms with van der Waals surface area (Å²) < 4.78 is 10.2. The molecule has 0 radical (unpaired) electrons. The number of benzene rings is 1. The molecule has 0 fully saturated rings. The fourth-order valence-corrected chi connectivity index (χ4v) is 3.75.